The Labute approximate surface area is 61.9 Å². The molecule has 1 saturated heterocycles. The molecule has 1 heterocycles. The normalized spacial score (nSPS) is 28.3. The van der Waals surface area contributed by atoms with Gasteiger partial charge in [-0.3, -0.25) is 4.90 Å². The van der Waals surface area contributed by atoms with Crippen LogP contribution in [0.3, 0.4) is 0 Å². The van der Waals surface area contributed by atoms with Crippen LogP contribution in [-0.2, 0) is 0 Å². The summed E-state index contributed by atoms with van der Waals surface area (Å²) < 4.78 is 0. The molecule has 1 unspecified atom stereocenters. The molecule has 0 aromatic carbocycles. The zero-order valence-electron chi connectivity index (χ0n) is 6.21. The van der Waals surface area contributed by atoms with Gasteiger partial charge < -0.3 is 11.1 Å². The van der Waals surface area contributed by atoms with E-state index in [1.54, 1.807) is 0 Å². The molecule has 3 heteroatoms. The SMILES string of the molecule is C=CC1CNCCN1CN. The lowest BCUT2D eigenvalue weighted by molar-refractivity contribution is 0.198. The van der Waals surface area contributed by atoms with Crippen LogP contribution in [0.1, 0.15) is 0 Å². The summed E-state index contributed by atoms with van der Waals surface area (Å²) in [6.07, 6.45) is 1.94. The molecular formula is C7H15N3. The first kappa shape index (κ1) is 7.72. The van der Waals surface area contributed by atoms with Crippen molar-refractivity contribution < 1.29 is 0 Å². The maximum atomic E-state index is 5.52. The van der Waals surface area contributed by atoms with Gasteiger partial charge in [0.1, 0.15) is 0 Å². The monoisotopic (exact) mass is 141 g/mol. The van der Waals surface area contributed by atoms with Crippen molar-refractivity contribution in [3.05, 3.63) is 12.7 Å². The molecular weight excluding hydrogens is 126 g/mol. The van der Waals surface area contributed by atoms with Gasteiger partial charge in [-0.05, 0) is 0 Å². The zero-order valence-corrected chi connectivity index (χ0v) is 6.21. The molecule has 3 N–H and O–H groups in total. The minimum atomic E-state index is 0.429. The van der Waals surface area contributed by atoms with Gasteiger partial charge in [-0.15, -0.1) is 6.58 Å². The van der Waals surface area contributed by atoms with Crippen LogP contribution in [0.5, 0.6) is 0 Å². The van der Waals surface area contributed by atoms with E-state index in [4.69, 9.17) is 5.73 Å². The average molecular weight is 141 g/mol. The van der Waals surface area contributed by atoms with Gasteiger partial charge in [0.25, 0.3) is 0 Å². The molecule has 0 saturated carbocycles. The lowest BCUT2D eigenvalue weighted by Gasteiger charge is -2.32. The van der Waals surface area contributed by atoms with E-state index in [0.29, 0.717) is 12.7 Å². The summed E-state index contributed by atoms with van der Waals surface area (Å²) in [7, 11) is 0. The minimum Gasteiger partial charge on any atom is -0.318 e. The van der Waals surface area contributed by atoms with Crippen molar-refractivity contribution in [1.82, 2.24) is 10.2 Å². The molecule has 3 nitrogen and oxygen atoms in total. The highest BCUT2D eigenvalue weighted by Gasteiger charge is 2.16. The summed E-state index contributed by atoms with van der Waals surface area (Å²) in [4.78, 5) is 2.21. The molecule has 0 aliphatic carbocycles. The molecule has 0 aromatic rings. The Kier molecular flexibility index (Phi) is 2.86. The van der Waals surface area contributed by atoms with Crippen molar-refractivity contribution in [2.45, 2.75) is 6.04 Å². The molecule has 1 aliphatic rings. The standard InChI is InChI=1S/C7H15N3/c1-2-7-5-9-3-4-10(7)6-8/h2,7,9H,1,3-6,8H2. The van der Waals surface area contributed by atoms with Gasteiger partial charge in [0.15, 0.2) is 0 Å². The Morgan fingerprint density at radius 3 is 3.10 bits per heavy atom. The van der Waals surface area contributed by atoms with Gasteiger partial charge in [-0.25, -0.2) is 0 Å². The van der Waals surface area contributed by atoms with Crippen molar-refractivity contribution in [3.63, 3.8) is 0 Å². The number of rotatable bonds is 2. The van der Waals surface area contributed by atoms with Gasteiger partial charge in [-0.1, -0.05) is 6.08 Å². The fraction of sp³-hybridized carbons (Fsp3) is 0.714. The van der Waals surface area contributed by atoms with E-state index in [2.05, 4.69) is 16.8 Å². The maximum absolute atomic E-state index is 5.52. The van der Waals surface area contributed by atoms with Gasteiger partial charge in [0.2, 0.25) is 0 Å². The number of nitrogens with one attached hydrogen (secondary N) is 1. The first-order chi connectivity index (χ1) is 4.88. The summed E-state index contributed by atoms with van der Waals surface area (Å²) in [6, 6.07) is 0.429. The van der Waals surface area contributed by atoms with Crippen LogP contribution in [0.4, 0.5) is 0 Å². The lowest BCUT2D eigenvalue weighted by Crippen LogP contribution is -2.52. The number of nitrogens with two attached hydrogens (primary N) is 1. The molecule has 58 valence electrons. The van der Waals surface area contributed by atoms with Crippen LogP contribution in [0.2, 0.25) is 0 Å². The van der Waals surface area contributed by atoms with E-state index in [-0.39, 0.29) is 0 Å². The zero-order chi connectivity index (χ0) is 7.40. The number of hydrogen-bond acceptors (Lipinski definition) is 3. The van der Waals surface area contributed by atoms with Gasteiger partial charge in [-0.2, -0.15) is 0 Å². The third-order valence-corrected chi connectivity index (χ3v) is 1.90. The fourth-order valence-electron chi connectivity index (χ4n) is 1.23. The second-order valence-electron chi connectivity index (χ2n) is 2.50. The van der Waals surface area contributed by atoms with Crippen molar-refractivity contribution in [1.29, 1.82) is 0 Å². The molecule has 1 atom stereocenters. The van der Waals surface area contributed by atoms with Crippen molar-refractivity contribution in [2.24, 2.45) is 5.73 Å². The summed E-state index contributed by atoms with van der Waals surface area (Å²) >= 11 is 0. The fourth-order valence-corrected chi connectivity index (χ4v) is 1.23. The molecule has 10 heavy (non-hydrogen) atoms. The first-order valence-corrected chi connectivity index (χ1v) is 3.66. The second kappa shape index (κ2) is 3.71. The number of hydrogen-bond donors (Lipinski definition) is 2. The molecule has 0 aromatic heterocycles. The molecule has 1 rings (SSSR count). The second-order valence-corrected chi connectivity index (χ2v) is 2.50. The van der Waals surface area contributed by atoms with Crippen LogP contribution in [0.25, 0.3) is 0 Å². The molecule has 0 bridgehead atoms. The lowest BCUT2D eigenvalue weighted by atomic mass is 10.2. The Morgan fingerprint density at radius 2 is 2.60 bits per heavy atom. The predicted octanol–water partition coefficient (Wildman–Crippen LogP) is -0.638. The van der Waals surface area contributed by atoms with E-state index in [1.807, 2.05) is 6.08 Å². The Bertz CT molecular complexity index is 113. The van der Waals surface area contributed by atoms with Crippen molar-refractivity contribution in [2.75, 3.05) is 26.3 Å². The smallest absolute Gasteiger partial charge is 0.0461 e. The van der Waals surface area contributed by atoms with Gasteiger partial charge in [0, 0.05) is 32.3 Å². The Balaban J connectivity index is 2.41. The van der Waals surface area contributed by atoms with Crippen molar-refractivity contribution in [3.8, 4) is 0 Å². The molecule has 0 spiro atoms. The van der Waals surface area contributed by atoms with Crippen LogP contribution in [-0.4, -0.2) is 37.2 Å². The van der Waals surface area contributed by atoms with E-state index >= 15 is 0 Å². The Hall–Kier alpha value is -0.380. The highest BCUT2D eigenvalue weighted by Crippen LogP contribution is 2.00. The van der Waals surface area contributed by atoms with Crippen LogP contribution >= 0.6 is 0 Å². The highest BCUT2D eigenvalue weighted by molar-refractivity contribution is 4.91. The Morgan fingerprint density at radius 1 is 1.80 bits per heavy atom. The van der Waals surface area contributed by atoms with Crippen molar-refractivity contribution >= 4 is 0 Å². The van der Waals surface area contributed by atoms with Gasteiger partial charge in [0.05, 0.1) is 0 Å². The minimum absolute atomic E-state index is 0.429. The van der Waals surface area contributed by atoms with Crippen LogP contribution in [0, 0.1) is 0 Å². The van der Waals surface area contributed by atoms with E-state index in [9.17, 15) is 0 Å². The quantitative estimate of drug-likeness (QED) is 0.503. The van der Waals surface area contributed by atoms with Crippen LogP contribution in [0.15, 0.2) is 12.7 Å². The van der Waals surface area contributed by atoms with Crippen LogP contribution < -0.4 is 11.1 Å². The van der Waals surface area contributed by atoms with E-state index in [0.717, 1.165) is 19.6 Å². The topological polar surface area (TPSA) is 41.3 Å². The first-order valence-electron chi connectivity index (χ1n) is 3.66. The third-order valence-electron chi connectivity index (χ3n) is 1.90. The summed E-state index contributed by atoms with van der Waals surface area (Å²) in [5, 5.41) is 3.28. The summed E-state index contributed by atoms with van der Waals surface area (Å²) in [5.41, 5.74) is 5.52. The molecule has 1 aliphatic heterocycles. The largest absolute Gasteiger partial charge is 0.318 e. The highest BCUT2D eigenvalue weighted by atomic mass is 15.2. The van der Waals surface area contributed by atoms with Gasteiger partial charge >= 0.3 is 0 Å². The molecule has 1 fully saturated rings. The van der Waals surface area contributed by atoms with E-state index in [1.165, 1.54) is 0 Å². The molecule has 0 radical (unpaired) electrons. The molecule has 0 amide bonds. The summed E-state index contributed by atoms with van der Waals surface area (Å²) in [5.74, 6) is 0. The predicted molar refractivity (Wildman–Crippen MR) is 42.6 cm³/mol. The average Bonchev–Trinajstić information content (AvgIpc) is 2.04. The summed E-state index contributed by atoms with van der Waals surface area (Å²) in [6.45, 7) is 7.45. The number of piperazine rings is 1. The number of nitrogens with zero attached hydrogens (tertiary/aromatic N) is 1. The van der Waals surface area contributed by atoms with E-state index < -0.39 is 0 Å². The maximum Gasteiger partial charge on any atom is 0.0461 e. The third kappa shape index (κ3) is 1.56.